The van der Waals surface area contributed by atoms with Crippen LogP contribution in [0.25, 0.3) is 0 Å². The van der Waals surface area contributed by atoms with Crippen LogP contribution >= 0.6 is 11.8 Å². The van der Waals surface area contributed by atoms with Gasteiger partial charge < -0.3 is 15.2 Å². The Morgan fingerprint density at radius 1 is 1.28 bits per heavy atom. The molecule has 0 radical (unpaired) electrons. The summed E-state index contributed by atoms with van der Waals surface area (Å²) in [5.74, 6) is 0.672. The van der Waals surface area contributed by atoms with Crippen LogP contribution < -0.4 is 10.0 Å². The number of benzene rings is 1. The number of halogens is 2. The Morgan fingerprint density at radius 2 is 2.06 bits per heavy atom. The molecule has 0 bridgehead atoms. The van der Waals surface area contributed by atoms with Gasteiger partial charge in [0.1, 0.15) is 22.3 Å². The van der Waals surface area contributed by atoms with Crippen molar-refractivity contribution in [1.29, 1.82) is 0 Å². The van der Waals surface area contributed by atoms with Crippen molar-refractivity contribution in [2.75, 3.05) is 36.6 Å². The van der Waals surface area contributed by atoms with Gasteiger partial charge in [0.15, 0.2) is 0 Å². The lowest BCUT2D eigenvalue weighted by molar-refractivity contribution is -0.0310. The van der Waals surface area contributed by atoms with Crippen molar-refractivity contribution in [3.8, 4) is 0 Å². The van der Waals surface area contributed by atoms with Crippen LogP contribution in [-0.2, 0) is 20.3 Å². The molecule has 1 unspecified atom stereocenters. The zero-order valence-corrected chi connectivity index (χ0v) is 19.5. The van der Waals surface area contributed by atoms with Crippen LogP contribution in [-0.4, -0.2) is 55.4 Å². The van der Waals surface area contributed by atoms with Gasteiger partial charge in [-0.15, -0.1) is 0 Å². The molecule has 0 saturated carbocycles. The molecule has 1 aromatic heterocycles. The van der Waals surface area contributed by atoms with E-state index >= 15 is 0 Å². The topological polar surface area (TPSA) is 101 Å². The Labute approximate surface area is 191 Å². The molecule has 32 heavy (non-hydrogen) atoms. The molecular weight excluding hydrogens is 460 g/mol. The zero-order chi connectivity index (χ0) is 23.4. The Hall–Kier alpha value is -1.79. The second kappa shape index (κ2) is 10.0. The molecule has 1 saturated heterocycles. The number of aliphatic hydroxyl groups excluding tert-OH is 1. The van der Waals surface area contributed by atoms with Crippen molar-refractivity contribution in [2.24, 2.45) is 0 Å². The van der Waals surface area contributed by atoms with Gasteiger partial charge in [-0.05, 0) is 44.2 Å². The largest absolute Gasteiger partial charge is 0.394 e. The lowest BCUT2D eigenvalue weighted by Gasteiger charge is -2.29. The molecule has 1 atom stereocenters. The fourth-order valence-electron chi connectivity index (χ4n) is 3.50. The van der Waals surface area contributed by atoms with Gasteiger partial charge in [-0.3, -0.25) is 0 Å². The standard InChI is InChI=1S/C21H27F2N3O4S2/c1-20(2,17-5-3-15(22)11-18(17)23)26-32(28,29)16-4-6-19(24-12-16)25-13-21(30-9-8-27)7-10-31-14-21/h3-6,11-12,26-27H,7-10,13-14H2,1-2H3,(H,24,25). The van der Waals surface area contributed by atoms with Crippen LogP contribution in [0, 0.1) is 11.6 Å². The van der Waals surface area contributed by atoms with E-state index in [0.29, 0.717) is 18.4 Å². The molecule has 0 aliphatic carbocycles. The molecule has 176 valence electrons. The third-order valence-corrected chi connectivity index (χ3v) is 8.06. The SMILES string of the molecule is CC(C)(NS(=O)(=O)c1ccc(NCC2(OCCO)CCSC2)nc1)c1ccc(F)cc1F. The molecular formula is C21H27F2N3O4S2. The molecule has 0 spiro atoms. The second-order valence-corrected chi connectivity index (χ2v) is 10.9. The molecule has 2 aromatic rings. The van der Waals surface area contributed by atoms with Crippen molar-refractivity contribution in [3.05, 3.63) is 53.7 Å². The van der Waals surface area contributed by atoms with Crippen molar-refractivity contribution in [1.82, 2.24) is 9.71 Å². The predicted molar refractivity (Wildman–Crippen MR) is 120 cm³/mol. The van der Waals surface area contributed by atoms with E-state index in [2.05, 4.69) is 15.0 Å². The number of pyridine rings is 1. The molecule has 1 aliphatic rings. The number of sulfonamides is 1. The van der Waals surface area contributed by atoms with Crippen molar-refractivity contribution >= 4 is 27.6 Å². The van der Waals surface area contributed by atoms with E-state index in [9.17, 15) is 17.2 Å². The third-order valence-electron chi connectivity index (χ3n) is 5.20. The minimum Gasteiger partial charge on any atom is -0.394 e. The monoisotopic (exact) mass is 487 g/mol. The first-order valence-electron chi connectivity index (χ1n) is 10.1. The maximum atomic E-state index is 14.2. The number of nitrogens with one attached hydrogen (secondary N) is 2. The summed E-state index contributed by atoms with van der Waals surface area (Å²) < 4.78 is 61.3. The van der Waals surface area contributed by atoms with E-state index in [1.54, 1.807) is 17.8 Å². The number of nitrogens with zero attached hydrogens (tertiary/aromatic N) is 1. The molecule has 3 N–H and O–H groups in total. The first-order valence-corrected chi connectivity index (χ1v) is 12.7. The quantitative estimate of drug-likeness (QED) is 0.474. The van der Waals surface area contributed by atoms with Gasteiger partial charge in [-0.1, -0.05) is 6.07 Å². The highest BCUT2D eigenvalue weighted by atomic mass is 32.2. The molecule has 1 fully saturated rings. The number of thioether (sulfide) groups is 1. The molecule has 0 amide bonds. The van der Waals surface area contributed by atoms with Gasteiger partial charge in [0.2, 0.25) is 10.0 Å². The summed E-state index contributed by atoms with van der Waals surface area (Å²) in [6, 6.07) is 5.96. The van der Waals surface area contributed by atoms with E-state index in [1.165, 1.54) is 32.2 Å². The molecule has 11 heteroatoms. The van der Waals surface area contributed by atoms with Crippen LogP contribution in [0.4, 0.5) is 14.6 Å². The third kappa shape index (κ3) is 5.96. The molecule has 2 heterocycles. The van der Waals surface area contributed by atoms with E-state index in [-0.39, 0.29) is 23.7 Å². The minimum atomic E-state index is -4.02. The molecule has 1 aliphatic heterocycles. The normalized spacial score (nSPS) is 19.3. The number of rotatable bonds is 10. The summed E-state index contributed by atoms with van der Waals surface area (Å²) in [7, 11) is -4.02. The van der Waals surface area contributed by atoms with Crippen LogP contribution in [0.15, 0.2) is 41.4 Å². The first kappa shape index (κ1) is 24.8. The lowest BCUT2D eigenvalue weighted by Crippen LogP contribution is -2.41. The zero-order valence-electron chi connectivity index (χ0n) is 17.9. The average Bonchev–Trinajstić information content (AvgIpc) is 3.19. The van der Waals surface area contributed by atoms with Crippen molar-refractivity contribution < 1.29 is 27.0 Å². The smallest absolute Gasteiger partial charge is 0.242 e. The maximum absolute atomic E-state index is 14.2. The first-order chi connectivity index (χ1) is 15.1. The summed E-state index contributed by atoms with van der Waals surface area (Å²) in [6.07, 6.45) is 2.06. The highest BCUT2D eigenvalue weighted by molar-refractivity contribution is 7.99. The second-order valence-electron chi connectivity index (χ2n) is 8.15. The highest BCUT2D eigenvalue weighted by Crippen LogP contribution is 2.32. The van der Waals surface area contributed by atoms with E-state index in [0.717, 1.165) is 24.0 Å². The summed E-state index contributed by atoms with van der Waals surface area (Å²) in [6.45, 7) is 3.67. The van der Waals surface area contributed by atoms with Crippen molar-refractivity contribution in [3.63, 3.8) is 0 Å². The molecule has 3 rings (SSSR count). The maximum Gasteiger partial charge on any atom is 0.242 e. The Bertz CT molecular complexity index is 1030. The van der Waals surface area contributed by atoms with E-state index < -0.39 is 32.8 Å². The lowest BCUT2D eigenvalue weighted by atomic mass is 9.95. The van der Waals surface area contributed by atoms with Gasteiger partial charge in [0, 0.05) is 30.1 Å². The van der Waals surface area contributed by atoms with E-state index in [1.807, 2.05) is 0 Å². The number of aliphatic hydroxyl groups is 1. The van der Waals surface area contributed by atoms with Gasteiger partial charge in [0.05, 0.1) is 24.4 Å². The average molecular weight is 488 g/mol. The van der Waals surface area contributed by atoms with Crippen LogP contribution in [0.3, 0.4) is 0 Å². The van der Waals surface area contributed by atoms with Crippen molar-refractivity contribution in [2.45, 2.75) is 36.3 Å². The van der Waals surface area contributed by atoms with Gasteiger partial charge in [0.25, 0.3) is 0 Å². The number of hydrogen-bond donors (Lipinski definition) is 3. The van der Waals surface area contributed by atoms with E-state index in [4.69, 9.17) is 9.84 Å². The number of hydrogen-bond acceptors (Lipinski definition) is 7. The fourth-order valence-corrected chi connectivity index (χ4v) is 6.20. The Morgan fingerprint density at radius 3 is 2.66 bits per heavy atom. The van der Waals surface area contributed by atoms with Crippen LogP contribution in [0.2, 0.25) is 0 Å². The van der Waals surface area contributed by atoms with Crippen LogP contribution in [0.5, 0.6) is 0 Å². The highest BCUT2D eigenvalue weighted by Gasteiger charge is 2.35. The Balaban J connectivity index is 1.69. The Kier molecular flexibility index (Phi) is 7.77. The van der Waals surface area contributed by atoms with Crippen LogP contribution in [0.1, 0.15) is 25.8 Å². The van der Waals surface area contributed by atoms with Gasteiger partial charge >= 0.3 is 0 Å². The summed E-state index contributed by atoms with van der Waals surface area (Å²) in [5, 5.41) is 12.2. The number of aromatic nitrogens is 1. The fraction of sp³-hybridized carbons (Fsp3) is 0.476. The summed E-state index contributed by atoms with van der Waals surface area (Å²) in [4.78, 5) is 4.10. The van der Waals surface area contributed by atoms with Gasteiger partial charge in [-0.25, -0.2) is 26.9 Å². The summed E-state index contributed by atoms with van der Waals surface area (Å²) in [5.41, 5.74) is -1.69. The number of anilines is 1. The predicted octanol–water partition coefficient (Wildman–Crippen LogP) is 2.87. The summed E-state index contributed by atoms with van der Waals surface area (Å²) >= 11 is 1.78. The number of ether oxygens (including phenoxy) is 1. The van der Waals surface area contributed by atoms with Gasteiger partial charge in [-0.2, -0.15) is 11.8 Å². The minimum absolute atomic E-state index is 0.0244. The molecule has 7 nitrogen and oxygen atoms in total. The molecule has 1 aromatic carbocycles.